The molecule has 2 rings (SSSR count). The predicted octanol–water partition coefficient (Wildman–Crippen LogP) is 1.84. The van der Waals surface area contributed by atoms with E-state index in [1.54, 1.807) is 0 Å². The van der Waals surface area contributed by atoms with Crippen LogP contribution < -0.4 is 0 Å². The Labute approximate surface area is 121 Å². The molecule has 5 heteroatoms. The van der Waals surface area contributed by atoms with Crippen LogP contribution >= 0.6 is 0 Å². The second-order valence-electron chi connectivity index (χ2n) is 5.79. The first-order valence-electron chi connectivity index (χ1n) is 7.59. The molecular formula is C15H26N4O. The predicted molar refractivity (Wildman–Crippen MR) is 79.2 cm³/mol. The minimum absolute atomic E-state index is 0.0300. The zero-order valence-corrected chi connectivity index (χ0v) is 12.6. The van der Waals surface area contributed by atoms with Crippen LogP contribution in [0.1, 0.15) is 38.8 Å². The molecule has 1 fully saturated rings. The zero-order chi connectivity index (χ0) is 14.4. The molecule has 1 saturated heterocycles. The standard InChI is InChI=1S/C15H26N4O/c1-3-5-13(2)8-18-7-4-6-14(9-18)10-19-11-15(12-20)16-17-19/h5,11,14,20H,3-4,6-10,12H2,1-2H3/b13-5+/t14-/m0/s1. The molecule has 20 heavy (non-hydrogen) atoms. The van der Waals surface area contributed by atoms with E-state index >= 15 is 0 Å². The molecule has 0 aliphatic carbocycles. The van der Waals surface area contributed by atoms with Crippen LogP contribution in [-0.4, -0.2) is 44.6 Å². The lowest BCUT2D eigenvalue weighted by Gasteiger charge is -2.32. The van der Waals surface area contributed by atoms with Crippen molar-refractivity contribution in [3.05, 3.63) is 23.5 Å². The highest BCUT2D eigenvalue weighted by molar-refractivity contribution is 5.00. The van der Waals surface area contributed by atoms with Crippen molar-refractivity contribution in [3.8, 4) is 0 Å². The van der Waals surface area contributed by atoms with Crippen LogP contribution in [0.4, 0.5) is 0 Å². The van der Waals surface area contributed by atoms with Gasteiger partial charge in [-0.3, -0.25) is 9.58 Å². The molecule has 0 amide bonds. The third kappa shape index (κ3) is 4.42. The van der Waals surface area contributed by atoms with Gasteiger partial charge in [-0.05, 0) is 38.6 Å². The van der Waals surface area contributed by atoms with Crippen LogP contribution in [0.25, 0.3) is 0 Å². The van der Waals surface area contributed by atoms with Crippen molar-refractivity contribution in [1.82, 2.24) is 19.9 Å². The minimum atomic E-state index is -0.0300. The Bertz CT molecular complexity index is 441. The summed E-state index contributed by atoms with van der Waals surface area (Å²) in [6.07, 6.45) is 7.79. The smallest absolute Gasteiger partial charge is 0.108 e. The van der Waals surface area contributed by atoms with Crippen LogP contribution in [0, 0.1) is 5.92 Å². The first-order valence-corrected chi connectivity index (χ1v) is 7.59. The third-order valence-corrected chi connectivity index (χ3v) is 3.82. The molecule has 2 heterocycles. The molecule has 0 unspecified atom stereocenters. The average molecular weight is 278 g/mol. The Morgan fingerprint density at radius 2 is 2.40 bits per heavy atom. The third-order valence-electron chi connectivity index (χ3n) is 3.82. The van der Waals surface area contributed by atoms with E-state index in [1.807, 2.05) is 10.9 Å². The largest absolute Gasteiger partial charge is 0.390 e. The highest BCUT2D eigenvalue weighted by Gasteiger charge is 2.20. The zero-order valence-electron chi connectivity index (χ0n) is 12.6. The average Bonchev–Trinajstić information content (AvgIpc) is 2.87. The van der Waals surface area contributed by atoms with E-state index in [1.165, 1.54) is 25.0 Å². The highest BCUT2D eigenvalue weighted by Crippen LogP contribution is 2.19. The van der Waals surface area contributed by atoms with Crippen molar-refractivity contribution < 1.29 is 5.11 Å². The van der Waals surface area contributed by atoms with E-state index < -0.39 is 0 Å². The van der Waals surface area contributed by atoms with Crippen LogP contribution in [0.15, 0.2) is 17.8 Å². The molecule has 0 saturated carbocycles. The van der Waals surface area contributed by atoms with Gasteiger partial charge < -0.3 is 5.11 Å². The van der Waals surface area contributed by atoms with Gasteiger partial charge >= 0.3 is 0 Å². The Morgan fingerprint density at radius 1 is 1.55 bits per heavy atom. The van der Waals surface area contributed by atoms with Gasteiger partial charge in [-0.2, -0.15) is 0 Å². The van der Waals surface area contributed by atoms with Crippen LogP contribution in [0.3, 0.4) is 0 Å². The summed E-state index contributed by atoms with van der Waals surface area (Å²) >= 11 is 0. The summed E-state index contributed by atoms with van der Waals surface area (Å²) in [5.74, 6) is 0.631. The van der Waals surface area contributed by atoms with E-state index in [-0.39, 0.29) is 6.61 Å². The maximum absolute atomic E-state index is 9.02. The van der Waals surface area contributed by atoms with Gasteiger partial charge in [-0.25, -0.2) is 0 Å². The number of allylic oxidation sites excluding steroid dienone is 1. The fourth-order valence-corrected chi connectivity index (χ4v) is 2.97. The van der Waals surface area contributed by atoms with Crippen LogP contribution in [0.5, 0.6) is 0 Å². The first kappa shape index (κ1) is 15.2. The fraction of sp³-hybridized carbons (Fsp3) is 0.733. The van der Waals surface area contributed by atoms with E-state index in [4.69, 9.17) is 5.11 Å². The summed E-state index contributed by atoms with van der Waals surface area (Å²) in [5.41, 5.74) is 2.12. The van der Waals surface area contributed by atoms with E-state index in [0.29, 0.717) is 11.6 Å². The molecule has 1 aromatic rings. The Kier molecular flexibility index (Phi) is 5.73. The Balaban J connectivity index is 1.85. The molecule has 5 nitrogen and oxygen atoms in total. The molecule has 0 bridgehead atoms. The van der Waals surface area contributed by atoms with Gasteiger partial charge in [0.2, 0.25) is 0 Å². The topological polar surface area (TPSA) is 54.2 Å². The number of hydrogen-bond acceptors (Lipinski definition) is 4. The molecular weight excluding hydrogens is 252 g/mol. The second kappa shape index (κ2) is 7.55. The number of hydrogen-bond donors (Lipinski definition) is 1. The summed E-state index contributed by atoms with van der Waals surface area (Å²) in [6.45, 7) is 8.69. The van der Waals surface area contributed by atoms with Gasteiger partial charge in [0, 0.05) is 19.6 Å². The number of piperidine rings is 1. The van der Waals surface area contributed by atoms with Gasteiger partial charge in [-0.15, -0.1) is 5.10 Å². The molecule has 112 valence electrons. The van der Waals surface area contributed by atoms with Crippen LogP contribution in [-0.2, 0) is 13.2 Å². The molecule has 1 atom stereocenters. The van der Waals surface area contributed by atoms with Gasteiger partial charge in [0.05, 0.1) is 12.8 Å². The van der Waals surface area contributed by atoms with Crippen molar-refractivity contribution in [2.45, 2.75) is 46.3 Å². The normalized spacial score (nSPS) is 21.4. The molecule has 0 radical (unpaired) electrons. The molecule has 0 aromatic carbocycles. The molecule has 0 spiro atoms. The lowest BCUT2D eigenvalue weighted by atomic mass is 9.97. The van der Waals surface area contributed by atoms with E-state index in [2.05, 4.69) is 35.1 Å². The quantitative estimate of drug-likeness (QED) is 0.807. The van der Waals surface area contributed by atoms with Crippen molar-refractivity contribution in [2.24, 2.45) is 5.92 Å². The van der Waals surface area contributed by atoms with Gasteiger partial charge in [0.15, 0.2) is 0 Å². The van der Waals surface area contributed by atoms with Crippen molar-refractivity contribution in [1.29, 1.82) is 0 Å². The number of nitrogens with zero attached hydrogens (tertiary/aromatic N) is 4. The SMILES string of the molecule is CC/C=C(\C)CN1CCC[C@H](Cn2cc(CO)nn2)C1. The fourth-order valence-electron chi connectivity index (χ4n) is 2.97. The van der Waals surface area contributed by atoms with E-state index in [9.17, 15) is 0 Å². The number of aliphatic hydroxyl groups excluding tert-OH is 1. The first-order chi connectivity index (χ1) is 9.71. The summed E-state index contributed by atoms with van der Waals surface area (Å²) in [6, 6.07) is 0. The van der Waals surface area contributed by atoms with Gasteiger partial charge in [0.25, 0.3) is 0 Å². The van der Waals surface area contributed by atoms with E-state index in [0.717, 1.165) is 26.1 Å². The Morgan fingerprint density at radius 3 is 3.10 bits per heavy atom. The number of rotatable bonds is 6. The molecule has 1 aliphatic heterocycles. The maximum Gasteiger partial charge on any atom is 0.108 e. The maximum atomic E-state index is 9.02. The summed E-state index contributed by atoms with van der Waals surface area (Å²) in [7, 11) is 0. The monoisotopic (exact) mass is 278 g/mol. The minimum Gasteiger partial charge on any atom is -0.390 e. The van der Waals surface area contributed by atoms with Crippen molar-refractivity contribution in [3.63, 3.8) is 0 Å². The summed E-state index contributed by atoms with van der Waals surface area (Å²) in [5, 5.41) is 17.0. The number of aliphatic hydroxyl groups is 1. The molecule has 1 N–H and O–H groups in total. The second-order valence-corrected chi connectivity index (χ2v) is 5.79. The number of aromatic nitrogens is 3. The summed E-state index contributed by atoms with van der Waals surface area (Å²) in [4.78, 5) is 2.54. The highest BCUT2D eigenvalue weighted by atomic mass is 16.3. The molecule has 1 aliphatic rings. The molecule has 1 aromatic heterocycles. The Hall–Kier alpha value is -1.20. The van der Waals surface area contributed by atoms with Gasteiger partial charge in [-0.1, -0.05) is 23.8 Å². The number of likely N-dealkylation sites (tertiary alicyclic amines) is 1. The van der Waals surface area contributed by atoms with Gasteiger partial charge in [0.1, 0.15) is 5.69 Å². The lowest BCUT2D eigenvalue weighted by molar-refractivity contribution is 0.170. The summed E-state index contributed by atoms with van der Waals surface area (Å²) < 4.78 is 1.87. The van der Waals surface area contributed by atoms with Crippen molar-refractivity contribution >= 4 is 0 Å². The van der Waals surface area contributed by atoms with Crippen molar-refractivity contribution in [2.75, 3.05) is 19.6 Å². The lowest BCUT2D eigenvalue weighted by Crippen LogP contribution is -2.38. The van der Waals surface area contributed by atoms with Crippen LogP contribution in [0.2, 0.25) is 0 Å².